The molecule has 0 radical (unpaired) electrons. The molecule has 2 saturated carbocycles. The van der Waals surface area contributed by atoms with E-state index in [1.165, 1.54) is 42.3 Å². The quantitative estimate of drug-likeness (QED) is 0.741. The van der Waals surface area contributed by atoms with Gasteiger partial charge < -0.3 is 14.8 Å². The van der Waals surface area contributed by atoms with Crippen molar-refractivity contribution in [3.05, 3.63) is 35.7 Å². The number of hydrogen-bond acceptors (Lipinski definition) is 5. The maximum Gasteiger partial charge on any atom is 0.253 e. The monoisotopic (exact) mass is 385 g/mol. The van der Waals surface area contributed by atoms with Gasteiger partial charge in [-0.3, -0.25) is 9.59 Å². The standard InChI is InChI=1S/C19H23N5O2S/c1-23(2)18(26)13-4-3-5-14(10-13)20-16(25)11-27-19-22-21-17(12-6-7-12)24(19)15-8-9-15/h3-5,10,12,15H,6-9,11H2,1-2H3,(H,20,25). The van der Waals surface area contributed by atoms with Crippen LogP contribution in [-0.2, 0) is 4.79 Å². The first-order chi connectivity index (χ1) is 13.0. The zero-order valence-electron chi connectivity index (χ0n) is 15.5. The minimum absolute atomic E-state index is 0.0920. The van der Waals surface area contributed by atoms with Crippen LogP contribution in [0.5, 0.6) is 0 Å². The maximum atomic E-state index is 12.4. The molecule has 0 spiro atoms. The minimum Gasteiger partial charge on any atom is -0.345 e. The van der Waals surface area contributed by atoms with Crippen molar-refractivity contribution in [3.63, 3.8) is 0 Å². The summed E-state index contributed by atoms with van der Waals surface area (Å²) < 4.78 is 2.24. The van der Waals surface area contributed by atoms with E-state index in [0.29, 0.717) is 23.2 Å². The third-order valence-electron chi connectivity index (χ3n) is 4.68. The van der Waals surface area contributed by atoms with E-state index in [-0.39, 0.29) is 17.6 Å². The number of hydrogen-bond donors (Lipinski definition) is 1. The van der Waals surface area contributed by atoms with Gasteiger partial charge in [0.25, 0.3) is 5.91 Å². The molecule has 2 amide bonds. The zero-order valence-corrected chi connectivity index (χ0v) is 16.3. The van der Waals surface area contributed by atoms with Gasteiger partial charge in [0.15, 0.2) is 5.16 Å². The second-order valence-electron chi connectivity index (χ2n) is 7.33. The molecule has 7 nitrogen and oxygen atoms in total. The summed E-state index contributed by atoms with van der Waals surface area (Å²) in [4.78, 5) is 25.9. The van der Waals surface area contributed by atoms with Gasteiger partial charge in [-0.05, 0) is 43.9 Å². The Bertz CT molecular complexity index is 871. The summed E-state index contributed by atoms with van der Waals surface area (Å²) in [7, 11) is 3.41. The fraction of sp³-hybridized carbons (Fsp3) is 0.474. The molecular formula is C19H23N5O2S. The number of anilines is 1. The van der Waals surface area contributed by atoms with Gasteiger partial charge in [-0.25, -0.2) is 0 Å². The molecule has 0 aliphatic heterocycles. The highest BCUT2D eigenvalue weighted by Gasteiger charge is 2.36. The summed E-state index contributed by atoms with van der Waals surface area (Å²) in [6.07, 6.45) is 4.73. The molecule has 1 aromatic carbocycles. The smallest absolute Gasteiger partial charge is 0.253 e. The molecule has 2 aliphatic rings. The number of rotatable bonds is 7. The van der Waals surface area contributed by atoms with Crippen LogP contribution < -0.4 is 5.32 Å². The zero-order chi connectivity index (χ0) is 19.0. The molecule has 27 heavy (non-hydrogen) atoms. The lowest BCUT2D eigenvalue weighted by atomic mass is 10.2. The summed E-state index contributed by atoms with van der Waals surface area (Å²) in [5.41, 5.74) is 1.17. The summed E-state index contributed by atoms with van der Waals surface area (Å²) in [5, 5.41) is 12.4. The first-order valence-electron chi connectivity index (χ1n) is 9.22. The van der Waals surface area contributed by atoms with E-state index in [1.807, 2.05) is 0 Å². The molecule has 0 unspecified atom stereocenters. The van der Waals surface area contributed by atoms with Gasteiger partial charge in [-0.15, -0.1) is 10.2 Å². The lowest BCUT2D eigenvalue weighted by Crippen LogP contribution is -2.22. The highest BCUT2D eigenvalue weighted by molar-refractivity contribution is 7.99. The van der Waals surface area contributed by atoms with Crippen molar-refractivity contribution < 1.29 is 9.59 Å². The first kappa shape index (κ1) is 18.0. The van der Waals surface area contributed by atoms with E-state index in [9.17, 15) is 9.59 Å². The molecule has 2 fully saturated rings. The molecule has 2 aromatic rings. The second kappa shape index (κ2) is 7.34. The predicted octanol–water partition coefficient (Wildman–Crippen LogP) is 2.92. The number of aromatic nitrogens is 3. The van der Waals surface area contributed by atoms with Crippen molar-refractivity contribution in [3.8, 4) is 0 Å². The summed E-state index contributed by atoms with van der Waals surface area (Å²) in [6, 6.07) is 7.50. The SMILES string of the molecule is CN(C)C(=O)c1cccc(NC(=O)CSc2nnc(C3CC3)n2C2CC2)c1. The van der Waals surface area contributed by atoms with Crippen LogP contribution in [0.3, 0.4) is 0 Å². The van der Waals surface area contributed by atoms with Crippen LogP contribution in [0.15, 0.2) is 29.4 Å². The van der Waals surface area contributed by atoms with E-state index in [2.05, 4.69) is 20.1 Å². The highest BCUT2D eigenvalue weighted by Crippen LogP contribution is 2.45. The van der Waals surface area contributed by atoms with E-state index in [4.69, 9.17) is 0 Å². The number of benzene rings is 1. The molecule has 2 aliphatic carbocycles. The molecule has 0 saturated heterocycles. The first-order valence-corrected chi connectivity index (χ1v) is 10.2. The van der Waals surface area contributed by atoms with Gasteiger partial charge in [0.1, 0.15) is 5.82 Å². The Morgan fingerprint density at radius 1 is 1.22 bits per heavy atom. The Labute approximate surface area is 162 Å². The van der Waals surface area contributed by atoms with Gasteiger partial charge in [0.2, 0.25) is 5.91 Å². The fourth-order valence-corrected chi connectivity index (χ4v) is 3.81. The summed E-state index contributed by atoms with van der Waals surface area (Å²) in [6.45, 7) is 0. The van der Waals surface area contributed by atoms with Crippen molar-refractivity contribution in [2.45, 2.75) is 42.8 Å². The predicted molar refractivity (Wildman–Crippen MR) is 104 cm³/mol. The Morgan fingerprint density at radius 2 is 2.00 bits per heavy atom. The van der Waals surface area contributed by atoms with Crippen molar-refractivity contribution in [2.75, 3.05) is 25.2 Å². The number of carbonyl (C=O) groups is 2. The van der Waals surface area contributed by atoms with Crippen LogP contribution in [0.25, 0.3) is 0 Å². The van der Waals surface area contributed by atoms with Crippen molar-refractivity contribution >= 4 is 29.3 Å². The van der Waals surface area contributed by atoms with Crippen LogP contribution in [0.4, 0.5) is 5.69 Å². The van der Waals surface area contributed by atoms with E-state index < -0.39 is 0 Å². The lowest BCUT2D eigenvalue weighted by molar-refractivity contribution is -0.113. The molecule has 8 heteroatoms. The molecule has 1 N–H and O–H groups in total. The van der Waals surface area contributed by atoms with Crippen LogP contribution >= 0.6 is 11.8 Å². The van der Waals surface area contributed by atoms with Crippen molar-refractivity contribution in [1.29, 1.82) is 0 Å². The second-order valence-corrected chi connectivity index (χ2v) is 8.28. The van der Waals surface area contributed by atoms with Gasteiger partial charge >= 0.3 is 0 Å². The Kier molecular flexibility index (Phi) is 4.90. The lowest BCUT2D eigenvalue weighted by Gasteiger charge is -2.12. The van der Waals surface area contributed by atoms with Crippen LogP contribution in [-0.4, -0.2) is 51.3 Å². The minimum atomic E-state index is -0.118. The molecule has 0 bridgehead atoms. The third-order valence-corrected chi connectivity index (χ3v) is 5.62. The third kappa shape index (κ3) is 4.16. The number of nitrogens with zero attached hydrogens (tertiary/aromatic N) is 4. The summed E-state index contributed by atoms with van der Waals surface area (Å²) >= 11 is 1.43. The average molecular weight is 385 g/mol. The van der Waals surface area contributed by atoms with E-state index in [1.54, 1.807) is 38.4 Å². The number of thioether (sulfide) groups is 1. The number of amides is 2. The Balaban J connectivity index is 1.38. The van der Waals surface area contributed by atoms with Gasteiger partial charge in [-0.1, -0.05) is 17.8 Å². The topological polar surface area (TPSA) is 80.1 Å². The molecule has 1 heterocycles. The van der Waals surface area contributed by atoms with Crippen molar-refractivity contribution in [2.24, 2.45) is 0 Å². The van der Waals surface area contributed by atoms with Crippen LogP contribution in [0.2, 0.25) is 0 Å². The summed E-state index contributed by atoms with van der Waals surface area (Å²) in [5.74, 6) is 1.70. The molecule has 142 valence electrons. The largest absolute Gasteiger partial charge is 0.345 e. The molecule has 4 rings (SSSR count). The number of nitrogens with one attached hydrogen (secondary N) is 1. The molecule has 1 aromatic heterocycles. The molecular weight excluding hydrogens is 362 g/mol. The van der Waals surface area contributed by atoms with E-state index >= 15 is 0 Å². The van der Waals surface area contributed by atoms with Crippen LogP contribution in [0, 0.1) is 0 Å². The normalized spacial score (nSPS) is 16.2. The van der Waals surface area contributed by atoms with Crippen molar-refractivity contribution in [1.82, 2.24) is 19.7 Å². The highest BCUT2D eigenvalue weighted by atomic mass is 32.2. The van der Waals surface area contributed by atoms with Gasteiger partial charge in [0.05, 0.1) is 5.75 Å². The van der Waals surface area contributed by atoms with Crippen LogP contribution in [0.1, 0.15) is 53.8 Å². The Hall–Kier alpha value is -2.35. The fourth-order valence-electron chi connectivity index (χ4n) is 3.00. The van der Waals surface area contributed by atoms with E-state index in [0.717, 1.165) is 11.0 Å². The maximum absolute atomic E-state index is 12.4. The average Bonchev–Trinajstić information content (AvgIpc) is 3.58. The van der Waals surface area contributed by atoms with Gasteiger partial charge in [0, 0.05) is 37.3 Å². The van der Waals surface area contributed by atoms with Gasteiger partial charge in [-0.2, -0.15) is 0 Å². The Morgan fingerprint density at radius 3 is 2.67 bits per heavy atom. The number of carbonyl (C=O) groups excluding carboxylic acids is 2. The molecule has 0 atom stereocenters.